The normalized spacial score (nSPS) is 19.9. The molecule has 1 aromatic carbocycles. The summed E-state index contributed by atoms with van der Waals surface area (Å²) in [4.78, 5) is 4.76. The summed E-state index contributed by atoms with van der Waals surface area (Å²) in [5.41, 5.74) is 1.05. The van der Waals surface area contributed by atoms with Crippen LogP contribution in [0.4, 0.5) is 0 Å². The van der Waals surface area contributed by atoms with Crippen LogP contribution in [0.15, 0.2) is 23.2 Å². The van der Waals surface area contributed by atoms with Gasteiger partial charge < -0.3 is 25.2 Å². The van der Waals surface area contributed by atoms with Gasteiger partial charge in [-0.15, -0.1) is 0 Å². The standard InChI is InChI=1S/C22H37N3O3/c1-4-6-17-7-10-19(11-8-17)25-22(23-5-2)24-16-18-9-12-20(28-14-13-26)21(15-18)27-3/h9,12,15,17,19,26H,4-8,10-11,13-14,16H2,1-3H3,(H2,23,24,25). The van der Waals surface area contributed by atoms with Crippen molar-refractivity contribution < 1.29 is 14.6 Å². The number of rotatable bonds is 10. The van der Waals surface area contributed by atoms with Crippen LogP contribution in [0, 0.1) is 5.92 Å². The van der Waals surface area contributed by atoms with Gasteiger partial charge in [0.05, 0.1) is 20.3 Å². The van der Waals surface area contributed by atoms with Gasteiger partial charge in [0.1, 0.15) is 6.61 Å². The number of hydrogen-bond donors (Lipinski definition) is 3. The molecule has 0 bridgehead atoms. The number of aliphatic hydroxyl groups is 1. The first-order valence-electron chi connectivity index (χ1n) is 10.7. The Labute approximate surface area is 169 Å². The van der Waals surface area contributed by atoms with Gasteiger partial charge in [-0.05, 0) is 56.2 Å². The molecule has 0 radical (unpaired) electrons. The van der Waals surface area contributed by atoms with E-state index in [9.17, 15) is 0 Å². The van der Waals surface area contributed by atoms with Crippen molar-refractivity contribution in [3.63, 3.8) is 0 Å². The molecule has 1 aromatic rings. The minimum absolute atomic E-state index is 0.0206. The predicted molar refractivity (Wildman–Crippen MR) is 114 cm³/mol. The fraction of sp³-hybridized carbons (Fsp3) is 0.682. The number of aliphatic hydroxyl groups excluding tert-OH is 1. The highest BCUT2D eigenvalue weighted by molar-refractivity contribution is 5.80. The third kappa shape index (κ3) is 7.23. The Balaban J connectivity index is 1.94. The number of nitrogens with one attached hydrogen (secondary N) is 2. The van der Waals surface area contributed by atoms with E-state index >= 15 is 0 Å². The predicted octanol–water partition coefficient (Wildman–Crippen LogP) is 3.48. The SMILES string of the molecule is CCCC1CCC(NC(=NCc2ccc(OCCO)c(OC)c2)NCC)CC1. The number of hydrogen-bond acceptors (Lipinski definition) is 4. The van der Waals surface area contributed by atoms with Gasteiger partial charge in [-0.2, -0.15) is 0 Å². The molecule has 158 valence electrons. The van der Waals surface area contributed by atoms with E-state index in [0.717, 1.165) is 24.0 Å². The van der Waals surface area contributed by atoms with E-state index in [0.29, 0.717) is 24.1 Å². The lowest BCUT2D eigenvalue weighted by atomic mass is 9.83. The Morgan fingerprint density at radius 2 is 1.96 bits per heavy atom. The molecular formula is C22H37N3O3. The van der Waals surface area contributed by atoms with Crippen LogP contribution < -0.4 is 20.1 Å². The lowest BCUT2D eigenvalue weighted by Crippen LogP contribution is -2.44. The fourth-order valence-electron chi connectivity index (χ4n) is 3.77. The molecule has 28 heavy (non-hydrogen) atoms. The van der Waals surface area contributed by atoms with Gasteiger partial charge >= 0.3 is 0 Å². The van der Waals surface area contributed by atoms with Crippen molar-refractivity contribution >= 4 is 5.96 Å². The van der Waals surface area contributed by atoms with E-state index in [2.05, 4.69) is 24.5 Å². The van der Waals surface area contributed by atoms with Crippen molar-refractivity contribution in [2.24, 2.45) is 10.9 Å². The van der Waals surface area contributed by atoms with Crippen molar-refractivity contribution in [2.45, 2.75) is 65.0 Å². The lowest BCUT2D eigenvalue weighted by molar-refractivity contribution is 0.196. The zero-order valence-corrected chi connectivity index (χ0v) is 17.7. The number of guanidine groups is 1. The number of aliphatic imine (C=N–C) groups is 1. The highest BCUT2D eigenvalue weighted by Crippen LogP contribution is 2.29. The molecule has 0 aromatic heterocycles. The maximum Gasteiger partial charge on any atom is 0.191 e. The molecule has 1 aliphatic rings. The number of methoxy groups -OCH3 is 1. The topological polar surface area (TPSA) is 75.1 Å². The van der Waals surface area contributed by atoms with Gasteiger partial charge in [0.15, 0.2) is 17.5 Å². The maximum atomic E-state index is 8.92. The van der Waals surface area contributed by atoms with Crippen molar-refractivity contribution in [1.82, 2.24) is 10.6 Å². The smallest absolute Gasteiger partial charge is 0.191 e. The molecule has 1 fully saturated rings. The molecule has 6 nitrogen and oxygen atoms in total. The summed E-state index contributed by atoms with van der Waals surface area (Å²) in [6, 6.07) is 6.30. The summed E-state index contributed by atoms with van der Waals surface area (Å²) in [6.07, 6.45) is 7.73. The quantitative estimate of drug-likeness (QED) is 0.421. The average Bonchev–Trinajstić information content (AvgIpc) is 2.72. The monoisotopic (exact) mass is 391 g/mol. The first kappa shape index (κ1) is 22.3. The Kier molecular flexibility index (Phi) is 9.97. The third-order valence-electron chi connectivity index (χ3n) is 5.23. The van der Waals surface area contributed by atoms with Gasteiger partial charge in [-0.1, -0.05) is 25.8 Å². The van der Waals surface area contributed by atoms with Gasteiger partial charge in [-0.25, -0.2) is 4.99 Å². The summed E-state index contributed by atoms with van der Waals surface area (Å²) in [7, 11) is 1.62. The van der Waals surface area contributed by atoms with Crippen LogP contribution in [-0.4, -0.2) is 44.0 Å². The maximum absolute atomic E-state index is 8.92. The second kappa shape index (κ2) is 12.5. The van der Waals surface area contributed by atoms with Gasteiger partial charge in [0.25, 0.3) is 0 Å². The number of nitrogens with zero attached hydrogens (tertiary/aromatic N) is 1. The average molecular weight is 392 g/mol. The lowest BCUT2D eigenvalue weighted by Gasteiger charge is -2.30. The highest BCUT2D eigenvalue weighted by Gasteiger charge is 2.21. The number of ether oxygens (including phenoxy) is 2. The van der Waals surface area contributed by atoms with Gasteiger partial charge in [-0.3, -0.25) is 0 Å². The molecule has 0 aliphatic heterocycles. The second-order valence-corrected chi connectivity index (χ2v) is 7.40. The Hall–Kier alpha value is -1.95. The van der Waals surface area contributed by atoms with Gasteiger partial charge in [0, 0.05) is 12.6 Å². The van der Waals surface area contributed by atoms with Crippen LogP contribution >= 0.6 is 0 Å². The summed E-state index contributed by atoms with van der Waals surface area (Å²) < 4.78 is 10.9. The van der Waals surface area contributed by atoms with Crippen LogP contribution in [0.1, 0.15) is 57.9 Å². The van der Waals surface area contributed by atoms with E-state index in [-0.39, 0.29) is 13.2 Å². The molecular weight excluding hydrogens is 354 g/mol. The largest absolute Gasteiger partial charge is 0.493 e. The molecule has 0 unspecified atom stereocenters. The van der Waals surface area contributed by atoms with E-state index in [1.807, 2.05) is 18.2 Å². The Morgan fingerprint density at radius 3 is 2.61 bits per heavy atom. The van der Waals surface area contributed by atoms with Gasteiger partial charge in [0.2, 0.25) is 0 Å². The van der Waals surface area contributed by atoms with Crippen molar-refractivity contribution in [3.05, 3.63) is 23.8 Å². The van der Waals surface area contributed by atoms with E-state index in [1.165, 1.54) is 38.5 Å². The molecule has 6 heteroatoms. The highest BCUT2D eigenvalue weighted by atomic mass is 16.5. The van der Waals surface area contributed by atoms with Crippen molar-refractivity contribution in [2.75, 3.05) is 26.9 Å². The molecule has 0 amide bonds. The molecule has 0 heterocycles. The summed E-state index contributed by atoms with van der Waals surface area (Å²) in [6.45, 7) is 6.01. The number of benzene rings is 1. The Bertz CT molecular complexity index is 599. The van der Waals surface area contributed by atoms with E-state index in [4.69, 9.17) is 19.6 Å². The molecule has 1 saturated carbocycles. The fourth-order valence-corrected chi connectivity index (χ4v) is 3.77. The van der Waals surface area contributed by atoms with Crippen LogP contribution in [0.3, 0.4) is 0 Å². The molecule has 3 N–H and O–H groups in total. The first-order valence-corrected chi connectivity index (χ1v) is 10.7. The minimum Gasteiger partial charge on any atom is -0.493 e. The second-order valence-electron chi connectivity index (χ2n) is 7.40. The van der Waals surface area contributed by atoms with Crippen LogP contribution in [0.5, 0.6) is 11.5 Å². The van der Waals surface area contributed by atoms with Crippen LogP contribution in [-0.2, 0) is 6.54 Å². The minimum atomic E-state index is -0.0206. The summed E-state index contributed by atoms with van der Waals surface area (Å²) in [5.74, 6) is 3.08. The molecule has 1 aliphatic carbocycles. The van der Waals surface area contributed by atoms with Crippen molar-refractivity contribution in [3.8, 4) is 11.5 Å². The molecule has 0 atom stereocenters. The van der Waals surface area contributed by atoms with Crippen LogP contribution in [0.25, 0.3) is 0 Å². The summed E-state index contributed by atoms with van der Waals surface area (Å²) in [5, 5.41) is 15.9. The molecule has 0 spiro atoms. The van der Waals surface area contributed by atoms with E-state index < -0.39 is 0 Å². The third-order valence-corrected chi connectivity index (χ3v) is 5.23. The zero-order valence-electron chi connectivity index (χ0n) is 17.7. The first-order chi connectivity index (χ1) is 13.7. The Morgan fingerprint density at radius 1 is 1.18 bits per heavy atom. The molecule has 0 saturated heterocycles. The van der Waals surface area contributed by atoms with Crippen molar-refractivity contribution in [1.29, 1.82) is 0 Å². The summed E-state index contributed by atoms with van der Waals surface area (Å²) >= 11 is 0. The molecule has 2 rings (SSSR count). The zero-order chi connectivity index (χ0) is 20.2. The van der Waals surface area contributed by atoms with Crippen LogP contribution in [0.2, 0.25) is 0 Å². The van der Waals surface area contributed by atoms with E-state index in [1.54, 1.807) is 7.11 Å².